The van der Waals surface area contributed by atoms with E-state index < -0.39 is 0 Å². The Bertz CT molecular complexity index is 828. The van der Waals surface area contributed by atoms with Gasteiger partial charge in [-0.2, -0.15) is 0 Å². The minimum Gasteiger partial charge on any atom is -0.493 e. The molecule has 2 unspecified atom stereocenters. The Balaban J connectivity index is 1.57. The first-order valence-electron chi connectivity index (χ1n) is 11.5. The number of nitrogens with two attached hydrogens (primary N) is 1. The van der Waals surface area contributed by atoms with Crippen LogP contribution in [-0.4, -0.2) is 25.7 Å². The van der Waals surface area contributed by atoms with Crippen LogP contribution in [-0.2, 0) is 22.5 Å². The summed E-state index contributed by atoms with van der Waals surface area (Å²) in [7, 11) is 0. The molecule has 0 spiro atoms. The van der Waals surface area contributed by atoms with Gasteiger partial charge in [0.1, 0.15) is 5.75 Å². The number of carbonyl (C=O) groups is 1. The summed E-state index contributed by atoms with van der Waals surface area (Å²) in [5, 5.41) is 3.13. The Morgan fingerprint density at radius 3 is 3.03 bits per heavy atom. The fraction of sp³-hybridized carbons (Fsp3) is 0.500. The third kappa shape index (κ3) is 6.81. The van der Waals surface area contributed by atoms with E-state index in [4.69, 9.17) is 15.5 Å². The van der Waals surface area contributed by atoms with Crippen LogP contribution in [0.5, 0.6) is 5.75 Å². The van der Waals surface area contributed by atoms with Crippen molar-refractivity contribution in [1.82, 2.24) is 5.32 Å². The molecular formula is C26H36N2O3. The van der Waals surface area contributed by atoms with Gasteiger partial charge in [-0.1, -0.05) is 56.7 Å². The van der Waals surface area contributed by atoms with E-state index in [9.17, 15) is 4.79 Å². The zero-order valence-corrected chi connectivity index (χ0v) is 18.7. The Morgan fingerprint density at radius 1 is 1.32 bits per heavy atom. The molecule has 5 nitrogen and oxygen atoms in total. The number of rotatable bonds is 7. The molecule has 0 bridgehead atoms. The molecule has 1 aromatic rings. The first kappa shape index (κ1) is 23.3. The van der Waals surface area contributed by atoms with Gasteiger partial charge in [-0.3, -0.25) is 4.79 Å². The van der Waals surface area contributed by atoms with Crippen molar-refractivity contribution in [3.05, 3.63) is 65.3 Å². The highest BCUT2D eigenvalue weighted by Gasteiger charge is 2.20. The van der Waals surface area contributed by atoms with Gasteiger partial charge in [0, 0.05) is 30.4 Å². The molecule has 1 aliphatic carbocycles. The summed E-state index contributed by atoms with van der Waals surface area (Å²) in [6.45, 7) is 7.95. The van der Waals surface area contributed by atoms with Crippen LogP contribution in [0.2, 0.25) is 0 Å². The first-order valence-corrected chi connectivity index (χ1v) is 11.5. The molecule has 5 heteroatoms. The minimum absolute atomic E-state index is 0.0772. The van der Waals surface area contributed by atoms with E-state index in [1.165, 1.54) is 17.5 Å². The number of carbonyl (C=O) groups excluding carboxylic acids is 1. The third-order valence-corrected chi connectivity index (χ3v) is 6.28. The predicted molar refractivity (Wildman–Crippen MR) is 125 cm³/mol. The lowest BCUT2D eigenvalue weighted by molar-refractivity contribution is -0.124. The quantitative estimate of drug-likeness (QED) is 0.635. The number of ether oxygens (including phenoxy) is 1. The van der Waals surface area contributed by atoms with Crippen LogP contribution in [0.3, 0.4) is 0 Å². The predicted octanol–water partition coefficient (Wildman–Crippen LogP) is 4.43. The van der Waals surface area contributed by atoms with Gasteiger partial charge in [-0.15, -0.1) is 0 Å². The molecule has 1 amide bonds. The normalized spacial score (nSPS) is 23.0. The number of hydrogen-bond donors (Lipinski definition) is 2. The van der Waals surface area contributed by atoms with Crippen molar-refractivity contribution in [1.29, 1.82) is 0 Å². The summed E-state index contributed by atoms with van der Waals surface area (Å²) < 4.78 is 5.65. The molecule has 0 fully saturated rings. The van der Waals surface area contributed by atoms with E-state index in [0.29, 0.717) is 13.2 Å². The van der Waals surface area contributed by atoms with E-state index in [1.807, 2.05) is 25.1 Å². The number of benzene rings is 1. The smallest absolute Gasteiger partial charge is 0.223 e. The molecule has 1 aliphatic heterocycles. The second-order valence-electron chi connectivity index (χ2n) is 8.67. The van der Waals surface area contributed by atoms with Crippen LogP contribution in [0.25, 0.3) is 0 Å². The van der Waals surface area contributed by atoms with Crippen LogP contribution < -0.4 is 16.0 Å². The van der Waals surface area contributed by atoms with Gasteiger partial charge < -0.3 is 14.9 Å². The summed E-state index contributed by atoms with van der Waals surface area (Å²) in [6.07, 6.45) is 13.5. The van der Waals surface area contributed by atoms with Crippen molar-refractivity contribution >= 4 is 5.91 Å². The lowest BCUT2D eigenvalue weighted by Crippen LogP contribution is -2.31. The topological polar surface area (TPSA) is 73.6 Å². The molecule has 3 N–H and O–H groups in total. The van der Waals surface area contributed by atoms with Crippen LogP contribution in [0.1, 0.15) is 50.2 Å². The van der Waals surface area contributed by atoms with Gasteiger partial charge in [-0.25, -0.2) is 5.90 Å². The van der Waals surface area contributed by atoms with E-state index in [0.717, 1.165) is 62.0 Å². The maximum atomic E-state index is 12.8. The molecule has 1 aromatic carbocycles. The molecule has 0 aromatic heterocycles. The SMILES string of the molecule is C=C1/C=C\C(CNC(=O)C(C)Cc2cccc3c2CCO3)=C/CCCCCC1CON. The van der Waals surface area contributed by atoms with Crippen molar-refractivity contribution in [2.75, 3.05) is 19.8 Å². The second kappa shape index (κ2) is 11.9. The third-order valence-electron chi connectivity index (χ3n) is 6.28. The zero-order valence-electron chi connectivity index (χ0n) is 18.7. The maximum Gasteiger partial charge on any atom is 0.223 e. The molecule has 0 saturated heterocycles. The molecule has 1 heterocycles. The Labute approximate surface area is 186 Å². The number of amides is 1. The van der Waals surface area contributed by atoms with Gasteiger partial charge >= 0.3 is 0 Å². The van der Waals surface area contributed by atoms with Gasteiger partial charge in [0.2, 0.25) is 5.91 Å². The highest BCUT2D eigenvalue weighted by atomic mass is 16.6. The lowest BCUT2D eigenvalue weighted by atomic mass is 9.94. The zero-order chi connectivity index (χ0) is 22.1. The fourth-order valence-corrected chi connectivity index (χ4v) is 4.31. The first-order chi connectivity index (χ1) is 15.1. The van der Waals surface area contributed by atoms with Crippen molar-refractivity contribution < 1.29 is 14.4 Å². The Kier molecular flexibility index (Phi) is 8.92. The highest BCUT2D eigenvalue weighted by Crippen LogP contribution is 2.29. The lowest BCUT2D eigenvalue weighted by Gasteiger charge is -2.16. The molecule has 0 saturated carbocycles. The molecular weight excluding hydrogens is 388 g/mol. The standard InChI is InChI=1S/C26H36N2O3/c1-19-12-13-21(8-5-3-4-6-9-23(19)18-31-27)17-28-26(29)20(2)16-22-10-7-11-25-24(22)14-15-30-25/h7-8,10-13,20,23H,1,3-6,9,14-18,27H2,2H3,(H,28,29)/b13-12-,21-8+. The molecule has 3 rings (SSSR count). The molecule has 168 valence electrons. The summed E-state index contributed by atoms with van der Waals surface area (Å²) in [6, 6.07) is 6.13. The van der Waals surface area contributed by atoms with Crippen LogP contribution in [0.15, 0.2) is 54.2 Å². The van der Waals surface area contributed by atoms with Gasteiger partial charge in [0.25, 0.3) is 0 Å². The van der Waals surface area contributed by atoms with Crippen molar-refractivity contribution in [3.8, 4) is 5.75 Å². The van der Waals surface area contributed by atoms with E-state index in [2.05, 4.69) is 30.1 Å². The van der Waals surface area contributed by atoms with Crippen molar-refractivity contribution in [2.24, 2.45) is 17.7 Å². The Morgan fingerprint density at radius 2 is 2.19 bits per heavy atom. The molecule has 2 atom stereocenters. The van der Waals surface area contributed by atoms with Crippen LogP contribution in [0, 0.1) is 11.8 Å². The number of allylic oxidation sites excluding steroid dienone is 2. The van der Waals surface area contributed by atoms with E-state index in [-0.39, 0.29) is 17.7 Å². The average Bonchev–Trinajstić information content (AvgIpc) is 3.24. The van der Waals surface area contributed by atoms with Crippen LogP contribution in [0.4, 0.5) is 0 Å². The number of hydrogen-bond acceptors (Lipinski definition) is 4. The van der Waals surface area contributed by atoms with Crippen molar-refractivity contribution in [2.45, 2.75) is 51.9 Å². The van der Waals surface area contributed by atoms with E-state index >= 15 is 0 Å². The van der Waals surface area contributed by atoms with Gasteiger partial charge in [0.15, 0.2) is 0 Å². The summed E-state index contributed by atoms with van der Waals surface area (Å²) in [5.41, 5.74) is 4.62. The average molecular weight is 425 g/mol. The number of nitrogens with one attached hydrogen (secondary N) is 1. The maximum absolute atomic E-state index is 12.8. The molecule has 0 radical (unpaired) electrons. The Hall–Kier alpha value is -2.37. The number of fused-ring (bicyclic) bond motifs is 1. The van der Waals surface area contributed by atoms with E-state index in [1.54, 1.807) is 0 Å². The second-order valence-corrected chi connectivity index (χ2v) is 8.67. The monoisotopic (exact) mass is 424 g/mol. The fourth-order valence-electron chi connectivity index (χ4n) is 4.31. The molecule has 31 heavy (non-hydrogen) atoms. The summed E-state index contributed by atoms with van der Waals surface area (Å²) in [4.78, 5) is 17.7. The minimum atomic E-state index is -0.0968. The van der Waals surface area contributed by atoms with Crippen molar-refractivity contribution in [3.63, 3.8) is 0 Å². The summed E-state index contributed by atoms with van der Waals surface area (Å²) in [5.74, 6) is 6.49. The van der Waals surface area contributed by atoms with Gasteiger partial charge in [0.05, 0.1) is 13.2 Å². The molecule has 2 aliphatic rings. The summed E-state index contributed by atoms with van der Waals surface area (Å²) >= 11 is 0. The van der Waals surface area contributed by atoms with Crippen LogP contribution >= 0.6 is 0 Å². The highest BCUT2D eigenvalue weighted by molar-refractivity contribution is 5.79. The largest absolute Gasteiger partial charge is 0.493 e. The van der Waals surface area contributed by atoms with Gasteiger partial charge in [-0.05, 0) is 48.5 Å².